The number of imidazole rings is 1. The highest BCUT2D eigenvalue weighted by molar-refractivity contribution is 6.00. The van der Waals surface area contributed by atoms with Crippen molar-refractivity contribution in [1.82, 2.24) is 28.9 Å². The highest BCUT2D eigenvalue weighted by atomic mass is 16.5. The number of ether oxygens (including phenoxy) is 1. The quantitative estimate of drug-likeness (QED) is 0.322. The zero-order valence-electron chi connectivity index (χ0n) is 26.1. The smallest absolute Gasteiger partial charge is 0.254 e. The molecule has 234 valence electrons. The van der Waals surface area contributed by atoms with Crippen LogP contribution in [0.4, 0.5) is 0 Å². The minimum Gasteiger partial charge on any atom is -0.494 e. The first-order valence-electron chi connectivity index (χ1n) is 16.8. The number of rotatable bonds is 8. The molecule has 10 nitrogen and oxygen atoms in total. The van der Waals surface area contributed by atoms with Gasteiger partial charge in [-0.25, -0.2) is 9.97 Å². The number of aromatic nitrogens is 4. The van der Waals surface area contributed by atoms with Crippen LogP contribution in [0.5, 0.6) is 5.75 Å². The van der Waals surface area contributed by atoms with Crippen molar-refractivity contribution in [2.24, 2.45) is 35.3 Å². The van der Waals surface area contributed by atoms with Crippen molar-refractivity contribution in [3.8, 4) is 17.3 Å². The van der Waals surface area contributed by atoms with E-state index >= 15 is 0 Å². The second-order valence-electron chi connectivity index (χ2n) is 14.5. The van der Waals surface area contributed by atoms with Crippen LogP contribution in [0.1, 0.15) is 49.4 Å². The molecule has 2 aliphatic heterocycles. The van der Waals surface area contributed by atoms with Crippen LogP contribution in [0, 0.1) is 29.6 Å². The molecule has 5 heterocycles. The Bertz CT molecular complexity index is 1850. The highest BCUT2D eigenvalue weighted by Gasteiger charge is 2.47. The summed E-state index contributed by atoms with van der Waals surface area (Å²) in [5, 5.41) is 1.09. The van der Waals surface area contributed by atoms with Crippen molar-refractivity contribution in [2.45, 2.75) is 64.2 Å². The number of benzene rings is 1. The summed E-state index contributed by atoms with van der Waals surface area (Å²) < 4.78 is 10.6. The highest BCUT2D eigenvalue weighted by Crippen LogP contribution is 2.43. The first-order chi connectivity index (χ1) is 21.9. The molecule has 5 atom stereocenters. The van der Waals surface area contributed by atoms with Gasteiger partial charge in [-0.3, -0.25) is 9.59 Å². The van der Waals surface area contributed by atoms with Crippen LogP contribution in [-0.4, -0.2) is 79.5 Å². The zero-order chi connectivity index (χ0) is 30.6. The van der Waals surface area contributed by atoms with E-state index in [0.717, 1.165) is 79.0 Å². The van der Waals surface area contributed by atoms with Crippen LogP contribution in [0.2, 0.25) is 0 Å². The third-order valence-corrected chi connectivity index (χ3v) is 11.3. The molecular weight excluding hydrogens is 566 g/mol. The lowest BCUT2D eigenvalue weighted by Crippen LogP contribution is -2.52. The lowest BCUT2D eigenvalue weighted by molar-refractivity contribution is -0.139. The Hall–Kier alpha value is -3.92. The zero-order valence-corrected chi connectivity index (χ0v) is 26.1. The summed E-state index contributed by atoms with van der Waals surface area (Å²) in [6.45, 7) is 6.00. The molecule has 5 fully saturated rings. The van der Waals surface area contributed by atoms with Gasteiger partial charge in [0.05, 0.1) is 18.3 Å². The number of amides is 2. The molecular formula is C35H41N7O3. The predicted octanol–water partition coefficient (Wildman–Crippen LogP) is 4.15. The molecule has 10 heteroatoms. The van der Waals surface area contributed by atoms with E-state index in [2.05, 4.69) is 28.2 Å². The molecule has 0 unspecified atom stereocenters. The van der Waals surface area contributed by atoms with Gasteiger partial charge in [0.25, 0.3) is 5.91 Å². The fourth-order valence-corrected chi connectivity index (χ4v) is 8.37. The Morgan fingerprint density at radius 3 is 2.51 bits per heavy atom. The molecule has 9 rings (SSSR count). The largest absolute Gasteiger partial charge is 0.494 e. The maximum atomic E-state index is 13.9. The summed E-state index contributed by atoms with van der Waals surface area (Å²) in [5.41, 5.74) is 10.7. The van der Waals surface area contributed by atoms with E-state index in [-0.39, 0.29) is 23.9 Å². The Morgan fingerprint density at radius 1 is 1.02 bits per heavy atom. The van der Waals surface area contributed by atoms with Crippen molar-refractivity contribution >= 4 is 33.9 Å². The maximum absolute atomic E-state index is 13.9. The lowest BCUT2D eigenvalue weighted by Gasteiger charge is -2.40. The van der Waals surface area contributed by atoms with Gasteiger partial charge in [-0.2, -0.15) is 0 Å². The van der Waals surface area contributed by atoms with Crippen molar-refractivity contribution in [3.63, 3.8) is 0 Å². The van der Waals surface area contributed by atoms with E-state index in [1.807, 2.05) is 34.2 Å². The van der Waals surface area contributed by atoms with E-state index in [9.17, 15) is 9.59 Å². The molecule has 3 aromatic heterocycles. The van der Waals surface area contributed by atoms with E-state index in [0.29, 0.717) is 47.4 Å². The second kappa shape index (κ2) is 10.0. The average Bonchev–Trinajstić information content (AvgIpc) is 3.85. The number of likely N-dealkylation sites (tertiary alicyclic amines) is 2. The standard InChI is InChI=1S/C35H41N7O3/c1-19-10-25(19)35(44)39-14-21(15-39)17-42-31-26(11-24(13-29(31)45-2)34(43)41-18-23-7-8-27(41)30(23)36)38-33(42)28-12-22-4-3-9-37-32(22)40(28)16-20-5-6-20/h3-4,9,11-13,19-21,23,25,27,30H,5-8,10,14-18,36H2,1-2H3/t19-,23-,25-,27-,30-/m1/s1. The summed E-state index contributed by atoms with van der Waals surface area (Å²) >= 11 is 0. The van der Waals surface area contributed by atoms with Gasteiger partial charge in [0, 0.05) is 73.8 Å². The van der Waals surface area contributed by atoms with Crippen molar-refractivity contribution in [3.05, 3.63) is 42.1 Å². The molecule has 2 N–H and O–H groups in total. The van der Waals surface area contributed by atoms with Gasteiger partial charge in [-0.05, 0) is 80.2 Å². The topological polar surface area (TPSA) is 112 Å². The Labute approximate surface area is 262 Å². The summed E-state index contributed by atoms with van der Waals surface area (Å²) in [6, 6.07) is 10.3. The maximum Gasteiger partial charge on any atom is 0.254 e. The Kier molecular flexibility index (Phi) is 6.11. The van der Waals surface area contributed by atoms with Gasteiger partial charge in [0.1, 0.15) is 16.9 Å². The van der Waals surface area contributed by atoms with Crippen LogP contribution in [-0.2, 0) is 17.9 Å². The van der Waals surface area contributed by atoms with Gasteiger partial charge in [-0.15, -0.1) is 0 Å². The number of pyridine rings is 1. The number of methoxy groups -OCH3 is 1. The molecule has 1 aromatic carbocycles. The van der Waals surface area contributed by atoms with Gasteiger partial charge in [0.2, 0.25) is 5.91 Å². The molecule has 2 saturated heterocycles. The number of nitrogens with zero attached hydrogens (tertiary/aromatic N) is 6. The third-order valence-electron chi connectivity index (χ3n) is 11.3. The molecule has 3 saturated carbocycles. The number of fused-ring (bicyclic) bond motifs is 4. The first kappa shape index (κ1) is 27.4. The Morgan fingerprint density at radius 2 is 1.82 bits per heavy atom. The van der Waals surface area contributed by atoms with Crippen LogP contribution in [0.3, 0.4) is 0 Å². The monoisotopic (exact) mass is 607 g/mol. The number of hydrogen-bond donors (Lipinski definition) is 1. The Balaban J connectivity index is 1.14. The number of piperidine rings is 1. The van der Waals surface area contributed by atoms with E-state index < -0.39 is 0 Å². The average molecular weight is 608 g/mol. The van der Waals surface area contributed by atoms with E-state index in [1.165, 1.54) is 12.8 Å². The molecule has 0 radical (unpaired) electrons. The number of nitrogens with two attached hydrogens (primary N) is 1. The summed E-state index contributed by atoms with van der Waals surface area (Å²) in [5.74, 6) is 3.87. The number of carbonyl (C=O) groups excluding carboxylic acids is 2. The van der Waals surface area contributed by atoms with Gasteiger partial charge in [0.15, 0.2) is 5.82 Å². The van der Waals surface area contributed by atoms with E-state index in [4.69, 9.17) is 20.4 Å². The molecule has 5 aliphatic rings. The van der Waals surface area contributed by atoms with Crippen LogP contribution in [0.15, 0.2) is 36.5 Å². The fraction of sp³-hybridized carbons (Fsp3) is 0.543. The molecule has 0 spiro atoms. The minimum absolute atomic E-state index is 0.00319. The summed E-state index contributed by atoms with van der Waals surface area (Å²) in [4.78, 5) is 40.9. The molecule has 45 heavy (non-hydrogen) atoms. The lowest BCUT2D eigenvalue weighted by atomic mass is 9.98. The van der Waals surface area contributed by atoms with Crippen LogP contribution >= 0.6 is 0 Å². The van der Waals surface area contributed by atoms with Crippen molar-refractivity contribution < 1.29 is 14.3 Å². The second-order valence-corrected chi connectivity index (χ2v) is 14.5. The normalized spacial score (nSPS) is 27.5. The molecule has 2 bridgehead atoms. The minimum atomic E-state index is 0.00319. The molecule has 3 aliphatic carbocycles. The van der Waals surface area contributed by atoms with Crippen LogP contribution in [0.25, 0.3) is 33.6 Å². The van der Waals surface area contributed by atoms with Crippen molar-refractivity contribution in [1.29, 1.82) is 0 Å². The fourth-order valence-electron chi connectivity index (χ4n) is 8.37. The van der Waals surface area contributed by atoms with Crippen LogP contribution < -0.4 is 10.5 Å². The number of hydrogen-bond acceptors (Lipinski definition) is 6. The van der Waals surface area contributed by atoms with E-state index in [1.54, 1.807) is 7.11 Å². The van der Waals surface area contributed by atoms with Gasteiger partial charge in [-0.1, -0.05) is 6.92 Å². The molecule has 4 aromatic rings. The summed E-state index contributed by atoms with van der Waals surface area (Å²) in [6.07, 6.45) is 7.40. The van der Waals surface area contributed by atoms with Gasteiger partial charge < -0.3 is 29.4 Å². The summed E-state index contributed by atoms with van der Waals surface area (Å²) in [7, 11) is 1.67. The number of carbonyl (C=O) groups is 2. The third kappa shape index (κ3) is 4.39. The van der Waals surface area contributed by atoms with Gasteiger partial charge >= 0.3 is 0 Å². The SMILES string of the molecule is COc1cc(C(=O)N2C[C@H]3CC[C@@H]2[C@@H]3N)cc2nc(-c3cc4cccnc4n3CC3CC3)n(CC3CN(C(=O)[C@@H]4C[C@H]4C)C3)c12. The predicted molar refractivity (Wildman–Crippen MR) is 171 cm³/mol. The van der Waals surface area contributed by atoms with Crippen molar-refractivity contribution in [2.75, 3.05) is 26.7 Å². The first-order valence-corrected chi connectivity index (χ1v) is 16.8. The molecule has 2 amide bonds.